The van der Waals surface area contributed by atoms with Crippen LogP contribution in [0.4, 0.5) is 0 Å². The first-order chi connectivity index (χ1) is 10.7. The smallest absolute Gasteiger partial charge is 0.270 e. The van der Waals surface area contributed by atoms with Crippen molar-refractivity contribution in [1.29, 1.82) is 0 Å². The third-order valence-corrected chi connectivity index (χ3v) is 3.23. The van der Waals surface area contributed by atoms with Gasteiger partial charge in [-0.1, -0.05) is 6.07 Å². The zero-order valence-corrected chi connectivity index (χ0v) is 12.1. The summed E-state index contributed by atoms with van der Waals surface area (Å²) in [5.41, 5.74) is 1.37. The molecule has 110 valence electrons. The summed E-state index contributed by atoms with van der Waals surface area (Å²) >= 11 is 0. The van der Waals surface area contributed by atoms with Crippen LogP contribution in [0.2, 0.25) is 0 Å². The van der Waals surface area contributed by atoms with Crippen LogP contribution >= 0.6 is 0 Å². The van der Waals surface area contributed by atoms with Crippen LogP contribution in [-0.2, 0) is 6.54 Å². The van der Waals surface area contributed by atoms with Crippen LogP contribution in [0.3, 0.4) is 0 Å². The maximum Gasteiger partial charge on any atom is 0.270 e. The van der Waals surface area contributed by atoms with Crippen molar-refractivity contribution in [2.75, 3.05) is 0 Å². The Morgan fingerprint density at radius 1 is 1.14 bits per heavy atom. The molecule has 3 rings (SSSR count). The fourth-order valence-corrected chi connectivity index (χ4v) is 2.09. The quantitative estimate of drug-likeness (QED) is 0.797. The van der Waals surface area contributed by atoms with Gasteiger partial charge in [0.2, 0.25) is 0 Å². The highest BCUT2D eigenvalue weighted by Crippen LogP contribution is 2.09. The van der Waals surface area contributed by atoms with Crippen molar-refractivity contribution >= 4 is 5.91 Å². The number of carbonyl (C=O) groups is 1. The molecule has 3 heterocycles. The van der Waals surface area contributed by atoms with Gasteiger partial charge in [-0.05, 0) is 36.8 Å². The van der Waals surface area contributed by atoms with Crippen molar-refractivity contribution < 1.29 is 4.79 Å². The Morgan fingerprint density at radius 3 is 2.77 bits per heavy atom. The molecule has 0 fully saturated rings. The summed E-state index contributed by atoms with van der Waals surface area (Å²) in [5.74, 6) is 1.44. The highest BCUT2D eigenvalue weighted by atomic mass is 16.1. The lowest BCUT2D eigenvalue weighted by Crippen LogP contribution is -2.23. The SMILES string of the molecule is Cc1nccn1-c1cc(CNC(=O)c2ccccn2)ccn1. The molecule has 0 radical (unpaired) electrons. The second-order valence-electron chi connectivity index (χ2n) is 4.76. The maximum absolute atomic E-state index is 12.0. The Morgan fingerprint density at radius 2 is 2.05 bits per heavy atom. The lowest BCUT2D eigenvalue weighted by molar-refractivity contribution is 0.0946. The standard InChI is InChI=1S/C16H15N5O/c1-12-17-8-9-21(12)15-10-13(5-7-19-15)11-20-16(22)14-4-2-3-6-18-14/h2-10H,11H2,1H3,(H,20,22). The van der Waals surface area contributed by atoms with Crippen LogP contribution < -0.4 is 5.32 Å². The second kappa shape index (κ2) is 6.17. The largest absolute Gasteiger partial charge is 0.347 e. The molecule has 0 aliphatic carbocycles. The predicted molar refractivity (Wildman–Crippen MR) is 81.5 cm³/mol. The number of rotatable bonds is 4. The van der Waals surface area contributed by atoms with Gasteiger partial charge in [0.05, 0.1) is 0 Å². The molecule has 22 heavy (non-hydrogen) atoms. The van der Waals surface area contributed by atoms with Crippen LogP contribution in [0.25, 0.3) is 5.82 Å². The van der Waals surface area contributed by atoms with E-state index in [2.05, 4.69) is 20.3 Å². The van der Waals surface area contributed by atoms with E-state index < -0.39 is 0 Å². The Bertz CT molecular complexity index is 782. The molecule has 0 spiro atoms. The topological polar surface area (TPSA) is 72.7 Å². The molecule has 1 N–H and O–H groups in total. The number of amides is 1. The lowest BCUT2D eigenvalue weighted by Gasteiger charge is -2.08. The van der Waals surface area contributed by atoms with Gasteiger partial charge >= 0.3 is 0 Å². The molecule has 0 bridgehead atoms. The first kappa shape index (κ1) is 13.9. The monoisotopic (exact) mass is 293 g/mol. The number of aryl methyl sites for hydroxylation is 1. The van der Waals surface area contributed by atoms with Gasteiger partial charge in [0.15, 0.2) is 0 Å². The Kier molecular flexibility index (Phi) is 3.91. The minimum Gasteiger partial charge on any atom is -0.347 e. The molecule has 6 nitrogen and oxygen atoms in total. The van der Waals surface area contributed by atoms with Gasteiger partial charge < -0.3 is 5.32 Å². The minimum absolute atomic E-state index is 0.197. The molecule has 0 atom stereocenters. The molecule has 1 amide bonds. The Hall–Kier alpha value is -3.02. The molecule has 0 aliphatic heterocycles. The molecule has 6 heteroatoms. The van der Waals surface area contributed by atoms with Crippen LogP contribution in [0.1, 0.15) is 21.9 Å². The van der Waals surface area contributed by atoms with Gasteiger partial charge in [-0.3, -0.25) is 14.3 Å². The van der Waals surface area contributed by atoms with Crippen molar-refractivity contribution in [3.05, 3.63) is 72.2 Å². The number of hydrogen-bond acceptors (Lipinski definition) is 4. The normalized spacial score (nSPS) is 10.4. The molecular weight excluding hydrogens is 278 g/mol. The lowest BCUT2D eigenvalue weighted by atomic mass is 10.2. The van der Waals surface area contributed by atoms with E-state index in [1.54, 1.807) is 36.8 Å². The van der Waals surface area contributed by atoms with Crippen LogP contribution in [0.15, 0.2) is 55.1 Å². The van der Waals surface area contributed by atoms with Crippen LogP contribution in [0.5, 0.6) is 0 Å². The molecule has 3 aromatic rings. The molecule has 0 aromatic carbocycles. The molecular formula is C16H15N5O. The Labute approximate surface area is 127 Å². The zero-order valence-electron chi connectivity index (χ0n) is 12.1. The van der Waals surface area contributed by atoms with Crippen molar-refractivity contribution in [1.82, 2.24) is 24.8 Å². The van der Waals surface area contributed by atoms with Gasteiger partial charge in [-0.2, -0.15) is 0 Å². The van der Waals surface area contributed by atoms with Crippen molar-refractivity contribution in [2.24, 2.45) is 0 Å². The third kappa shape index (κ3) is 3.01. The number of nitrogens with zero attached hydrogens (tertiary/aromatic N) is 4. The van der Waals surface area contributed by atoms with E-state index in [1.165, 1.54) is 0 Å². The Balaban J connectivity index is 1.71. The fourth-order valence-electron chi connectivity index (χ4n) is 2.09. The van der Waals surface area contributed by atoms with Crippen molar-refractivity contribution in [2.45, 2.75) is 13.5 Å². The highest BCUT2D eigenvalue weighted by molar-refractivity contribution is 5.92. The van der Waals surface area contributed by atoms with Crippen LogP contribution in [-0.4, -0.2) is 25.4 Å². The molecule has 0 unspecified atom stereocenters. The number of nitrogens with one attached hydrogen (secondary N) is 1. The number of imidazole rings is 1. The van der Waals surface area contributed by atoms with E-state index in [9.17, 15) is 4.79 Å². The van der Waals surface area contributed by atoms with Crippen molar-refractivity contribution in [3.63, 3.8) is 0 Å². The van der Waals surface area contributed by atoms with E-state index in [0.717, 1.165) is 17.2 Å². The third-order valence-electron chi connectivity index (χ3n) is 3.23. The van der Waals surface area contributed by atoms with Gasteiger partial charge in [0, 0.05) is 31.3 Å². The number of carbonyl (C=O) groups excluding carboxylic acids is 1. The minimum atomic E-state index is -0.197. The van der Waals surface area contributed by atoms with Crippen LogP contribution in [0, 0.1) is 6.92 Å². The summed E-state index contributed by atoms with van der Waals surface area (Å²) < 4.78 is 1.89. The number of pyridine rings is 2. The summed E-state index contributed by atoms with van der Waals surface area (Å²) in [5, 5.41) is 2.85. The van der Waals surface area contributed by atoms with Gasteiger partial charge in [-0.25, -0.2) is 9.97 Å². The first-order valence-corrected chi connectivity index (χ1v) is 6.88. The van der Waals surface area contributed by atoms with Gasteiger partial charge in [0.1, 0.15) is 17.3 Å². The average molecular weight is 293 g/mol. The average Bonchev–Trinajstić information content (AvgIpc) is 3.00. The highest BCUT2D eigenvalue weighted by Gasteiger charge is 2.07. The maximum atomic E-state index is 12.0. The van der Waals surface area contributed by atoms with Gasteiger partial charge in [0.25, 0.3) is 5.91 Å². The van der Waals surface area contributed by atoms with E-state index in [1.807, 2.05) is 29.8 Å². The number of aromatic nitrogens is 4. The predicted octanol–water partition coefficient (Wildman–Crippen LogP) is 1.90. The first-order valence-electron chi connectivity index (χ1n) is 6.88. The summed E-state index contributed by atoms with van der Waals surface area (Å²) in [4.78, 5) is 24.5. The van der Waals surface area contributed by atoms with E-state index in [0.29, 0.717) is 12.2 Å². The molecule has 0 aliphatic rings. The summed E-state index contributed by atoms with van der Waals surface area (Å²) in [6.07, 6.45) is 6.90. The molecule has 0 saturated heterocycles. The zero-order chi connectivity index (χ0) is 15.4. The molecule has 0 saturated carbocycles. The fraction of sp³-hybridized carbons (Fsp3) is 0.125. The summed E-state index contributed by atoms with van der Waals surface area (Å²) in [6.45, 7) is 2.33. The second-order valence-corrected chi connectivity index (χ2v) is 4.76. The van der Waals surface area contributed by atoms with E-state index in [4.69, 9.17) is 0 Å². The summed E-state index contributed by atoms with van der Waals surface area (Å²) in [7, 11) is 0. The van der Waals surface area contributed by atoms with E-state index >= 15 is 0 Å². The van der Waals surface area contributed by atoms with Crippen molar-refractivity contribution in [3.8, 4) is 5.82 Å². The van der Waals surface area contributed by atoms with E-state index in [-0.39, 0.29) is 5.91 Å². The van der Waals surface area contributed by atoms with Gasteiger partial charge in [-0.15, -0.1) is 0 Å². The molecule has 3 aromatic heterocycles. The summed E-state index contributed by atoms with van der Waals surface area (Å²) in [6, 6.07) is 9.04. The number of hydrogen-bond donors (Lipinski definition) is 1.